The van der Waals surface area contributed by atoms with Gasteiger partial charge in [0.1, 0.15) is 0 Å². The minimum atomic E-state index is 0. The molecule has 2 amide bonds. The van der Waals surface area contributed by atoms with Crippen molar-refractivity contribution in [2.75, 3.05) is 70.9 Å². The van der Waals surface area contributed by atoms with Crippen LogP contribution in [0.1, 0.15) is 31.2 Å². The van der Waals surface area contributed by atoms with Gasteiger partial charge in [0.2, 0.25) is 11.8 Å². The minimum Gasteiger partial charge on any atom is -0.356 e. The number of nitrogens with zero attached hydrogens (tertiary/aromatic N) is 5. The molecule has 9 heteroatoms. The fourth-order valence-corrected chi connectivity index (χ4v) is 4.88. The van der Waals surface area contributed by atoms with E-state index in [-0.39, 0.29) is 35.8 Å². The normalized spacial score (nSPS) is 18.8. The molecule has 3 aliphatic heterocycles. The number of benzene rings is 1. The Bertz CT molecular complexity index is 834. The summed E-state index contributed by atoms with van der Waals surface area (Å²) in [5.41, 5.74) is 2.34. The van der Waals surface area contributed by atoms with E-state index in [0.717, 1.165) is 89.7 Å². The number of rotatable bonds is 6. The van der Waals surface area contributed by atoms with E-state index in [1.807, 2.05) is 28.0 Å². The molecule has 0 aromatic heterocycles. The van der Waals surface area contributed by atoms with Crippen LogP contribution in [0.3, 0.4) is 0 Å². The Morgan fingerprint density at radius 1 is 0.939 bits per heavy atom. The van der Waals surface area contributed by atoms with Crippen molar-refractivity contribution in [3.8, 4) is 0 Å². The molecule has 2 fully saturated rings. The first-order valence-electron chi connectivity index (χ1n) is 12.0. The number of piperazine rings is 1. The van der Waals surface area contributed by atoms with Gasteiger partial charge in [-0.15, -0.1) is 24.0 Å². The highest BCUT2D eigenvalue weighted by Crippen LogP contribution is 2.28. The summed E-state index contributed by atoms with van der Waals surface area (Å²) < 4.78 is 0. The number of aliphatic imine (C=N–C) groups is 1. The first kappa shape index (κ1) is 25.7. The van der Waals surface area contributed by atoms with Gasteiger partial charge in [0, 0.05) is 71.5 Å². The molecule has 4 rings (SSSR count). The van der Waals surface area contributed by atoms with Crippen LogP contribution in [0.15, 0.2) is 29.3 Å². The number of amides is 2. The zero-order chi connectivity index (χ0) is 22.3. The third-order valence-electron chi connectivity index (χ3n) is 6.74. The molecule has 0 radical (unpaired) electrons. The number of likely N-dealkylation sites (tertiary alicyclic amines) is 1. The first-order chi connectivity index (χ1) is 15.7. The van der Waals surface area contributed by atoms with E-state index >= 15 is 0 Å². The first-order valence-corrected chi connectivity index (χ1v) is 12.0. The van der Waals surface area contributed by atoms with Crippen molar-refractivity contribution in [2.45, 2.75) is 32.1 Å². The SMILES string of the molecule is CN=C(NCCCC(=O)N1CCc2ccccc21)N1CCN(CC(=O)N2CCCC2)CC1.I. The number of carbonyl (C=O) groups excluding carboxylic acids is 2. The smallest absolute Gasteiger partial charge is 0.236 e. The van der Waals surface area contributed by atoms with Crippen molar-refractivity contribution in [1.29, 1.82) is 0 Å². The van der Waals surface area contributed by atoms with E-state index in [9.17, 15) is 9.59 Å². The lowest BCUT2D eigenvalue weighted by atomic mass is 10.2. The largest absolute Gasteiger partial charge is 0.356 e. The average molecular weight is 569 g/mol. The van der Waals surface area contributed by atoms with Crippen LogP contribution in [0.25, 0.3) is 0 Å². The van der Waals surface area contributed by atoms with Crippen LogP contribution >= 0.6 is 24.0 Å². The molecular weight excluding hydrogens is 531 g/mol. The number of halogens is 1. The second kappa shape index (κ2) is 12.5. The maximum absolute atomic E-state index is 12.7. The Morgan fingerprint density at radius 2 is 1.67 bits per heavy atom. The molecule has 182 valence electrons. The Labute approximate surface area is 214 Å². The minimum absolute atomic E-state index is 0. The zero-order valence-corrected chi connectivity index (χ0v) is 22.0. The predicted octanol–water partition coefficient (Wildman–Crippen LogP) is 1.79. The molecule has 0 spiro atoms. The number of guanidine groups is 1. The number of hydrogen-bond donors (Lipinski definition) is 1. The van der Waals surface area contributed by atoms with Crippen molar-refractivity contribution >= 4 is 47.4 Å². The lowest BCUT2D eigenvalue weighted by molar-refractivity contribution is -0.131. The fraction of sp³-hybridized carbons (Fsp3) is 0.625. The lowest BCUT2D eigenvalue weighted by Crippen LogP contribution is -2.54. The number of nitrogens with one attached hydrogen (secondary N) is 1. The average Bonchev–Trinajstić information content (AvgIpc) is 3.50. The molecule has 1 aromatic carbocycles. The van der Waals surface area contributed by atoms with Crippen LogP contribution in [0, 0.1) is 0 Å². The topological polar surface area (TPSA) is 71.5 Å². The summed E-state index contributed by atoms with van der Waals surface area (Å²) in [4.78, 5) is 37.9. The van der Waals surface area contributed by atoms with E-state index in [4.69, 9.17) is 0 Å². The summed E-state index contributed by atoms with van der Waals surface area (Å²) in [5.74, 6) is 1.35. The standard InChI is InChI=1S/C24H36N6O2.HI/c1-25-24(29-17-15-27(16-18-29)19-23(32)28-12-4-5-13-28)26-11-6-9-22(31)30-14-10-20-7-2-3-8-21(20)30;/h2-3,7-8H,4-6,9-19H2,1H3,(H,25,26);1H. The highest BCUT2D eigenvalue weighted by molar-refractivity contribution is 14.0. The van der Waals surface area contributed by atoms with Gasteiger partial charge >= 0.3 is 0 Å². The monoisotopic (exact) mass is 568 g/mol. The Kier molecular flexibility index (Phi) is 9.78. The third kappa shape index (κ3) is 6.59. The Balaban J connectivity index is 0.00000306. The summed E-state index contributed by atoms with van der Waals surface area (Å²) in [5, 5.41) is 3.42. The number of hydrogen-bond acceptors (Lipinski definition) is 4. The van der Waals surface area contributed by atoms with Gasteiger partial charge in [-0.1, -0.05) is 18.2 Å². The molecule has 8 nitrogen and oxygen atoms in total. The van der Waals surface area contributed by atoms with Crippen molar-refractivity contribution in [2.24, 2.45) is 4.99 Å². The van der Waals surface area contributed by atoms with Crippen LogP contribution in [0.4, 0.5) is 5.69 Å². The van der Waals surface area contributed by atoms with Gasteiger partial charge in [0.05, 0.1) is 6.54 Å². The molecule has 3 heterocycles. The quantitative estimate of drug-likeness (QED) is 0.245. The molecule has 0 saturated carbocycles. The van der Waals surface area contributed by atoms with E-state index < -0.39 is 0 Å². The molecule has 33 heavy (non-hydrogen) atoms. The van der Waals surface area contributed by atoms with Crippen LogP contribution in [-0.2, 0) is 16.0 Å². The van der Waals surface area contributed by atoms with E-state index in [2.05, 4.69) is 26.2 Å². The van der Waals surface area contributed by atoms with Crippen LogP contribution in [0.5, 0.6) is 0 Å². The van der Waals surface area contributed by atoms with Gasteiger partial charge in [-0.3, -0.25) is 19.5 Å². The number of fused-ring (bicyclic) bond motifs is 1. The summed E-state index contributed by atoms with van der Waals surface area (Å²) in [6, 6.07) is 8.18. The molecule has 0 unspecified atom stereocenters. The van der Waals surface area contributed by atoms with Gasteiger partial charge in [0.15, 0.2) is 5.96 Å². The Hall–Kier alpha value is -1.88. The molecule has 3 aliphatic rings. The zero-order valence-electron chi connectivity index (χ0n) is 19.7. The summed E-state index contributed by atoms with van der Waals surface area (Å²) in [7, 11) is 1.80. The summed E-state index contributed by atoms with van der Waals surface area (Å²) in [6.45, 7) is 7.33. The fourth-order valence-electron chi connectivity index (χ4n) is 4.88. The van der Waals surface area contributed by atoms with E-state index in [0.29, 0.717) is 13.0 Å². The number of anilines is 1. The molecule has 0 bridgehead atoms. The summed E-state index contributed by atoms with van der Waals surface area (Å²) in [6.07, 6.45) is 4.53. The molecular formula is C24H37IN6O2. The second-order valence-electron chi connectivity index (χ2n) is 8.85. The van der Waals surface area contributed by atoms with Crippen molar-refractivity contribution in [1.82, 2.24) is 20.0 Å². The van der Waals surface area contributed by atoms with Crippen LogP contribution < -0.4 is 10.2 Å². The molecule has 0 aliphatic carbocycles. The molecule has 1 aromatic rings. The van der Waals surface area contributed by atoms with Gasteiger partial charge in [-0.05, 0) is 37.3 Å². The maximum atomic E-state index is 12.7. The maximum Gasteiger partial charge on any atom is 0.236 e. The second-order valence-corrected chi connectivity index (χ2v) is 8.85. The van der Waals surface area contributed by atoms with Gasteiger partial charge < -0.3 is 20.0 Å². The van der Waals surface area contributed by atoms with Crippen molar-refractivity contribution in [3.05, 3.63) is 29.8 Å². The molecule has 2 saturated heterocycles. The number of para-hydroxylation sites is 1. The van der Waals surface area contributed by atoms with E-state index in [1.54, 1.807) is 7.05 Å². The van der Waals surface area contributed by atoms with Gasteiger partial charge in [-0.25, -0.2) is 0 Å². The number of carbonyl (C=O) groups is 2. The van der Waals surface area contributed by atoms with Crippen molar-refractivity contribution in [3.63, 3.8) is 0 Å². The van der Waals surface area contributed by atoms with Gasteiger partial charge in [0.25, 0.3) is 0 Å². The van der Waals surface area contributed by atoms with E-state index in [1.165, 1.54) is 5.56 Å². The van der Waals surface area contributed by atoms with Crippen LogP contribution in [0.2, 0.25) is 0 Å². The third-order valence-corrected chi connectivity index (χ3v) is 6.74. The summed E-state index contributed by atoms with van der Waals surface area (Å²) >= 11 is 0. The Morgan fingerprint density at radius 3 is 2.39 bits per heavy atom. The molecule has 0 atom stereocenters. The van der Waals surface area contributed by atoms with Gasteiger partial charge in [-0.2, -0.15) is 0 Å². The molecule has 1 N–H and O–H groups in total. The van der Waals surface area contributed by atoms with Crippen LogP contribution in [-0.4, -0.2) is 98.4 Å². The lowest BCUT2D eigenvalue weighted by Gasteiger charge is -2.36. The predicted molar refractivity (Wildman–Crippen MR) is 142 cm³/mol. The highest BCUT2D eigenvalue weighted by atomic mass is 127. The van der Waals surface area contributed by atoms with Crippen molar-refractivity contribution < 1.29 is 9.59 Å². The highest BCUT2D eigenvalue weighted by Gasteiger charge is 2.25.